The van der Waals surface area contributed by atoms with Gasteiger partial charge in [-0.1, -0.05) is 48.5 Å². The van der Waals surface area contributed by atoms with Crippen LogP contribution in [0.1, 0.15) is 11.7 Å². The summed E-state index contributed by atoms with van der Waals surface area (Å²) in [5.74, 6) is -0.634. The number of carbonyl (C=O) groups excluding carboxylic acids is 2. The number of hydrogen-bond donors (Lipinski definition) is 2. The minimum atomic E-state index is -1.37. The van der Waals surface area contributed by atoms with Gasteiger partial charge in [0.05, 0.1) is 11.4 Å². The van der Waals surface area contributed by atoms with Gasteiger partial charge >= 0.3 is 0 Å². The largest absolute Gasteiger partial charge is 0.378 e. The van der Waals surface area contributed by atoms with Crippen LogP contribution >= 0.6 is 11.6 Å². The number of para-hydroxylation sites is 2. The number of benzene rings is 2. The van der Waals surface area contributed by atoms with Crippen LogP contribution in [-0.2, 0) is 9.59 Å². The van der Waals surface area contributed by atoms with E-state index in [9.17, 15) is 14.7 Å². The molecular formula is C21H22ClN3O3. The molecule has 7 heteroatoms. The number of aliphatic hydroxyl groups excluding tert-OH is 1. The van der Waals surface area contributed by atoms with Gasteiger partial charge in [0.2, 0.25) is 5.91 Å². The average molecular weight is 400 g/mol. The Morgan fingerprint density at radius 3 is 2.39 bits per heavy atom. The molecule has 1 saturated heterocycles. The molecule has 0 bridgehead atoms. The van der Waals surface area contributed by atoms with Crippen LogP contribution in [-0.4, -0.2) is 48.0 Å². The number of hydrogen-bond acceptors (Lipinski definition) is 4. The molecule has 1 atom stereocenters. The van der Waals surface area contributed by atoms with Gasteiger partial charge in [-0.15, -0.1) is 0 Å². The molecule has 2 aromatic carbocycles. The highest BCUT2D eigenvalue weighted by Gasteiger charge is 2.24. The summed E-state index contributed by atoms with van der Waals surface area (Å²) >= 11 is 6.08. The van der Waals surface area contributed by atoms with E-state index < -0.39 is 12.0 Å². The summed E-state index contributed by atoms with van der Waals surface area (Å²) in [6.45, 7) is 5.96. The lowest BCUT2D eigenvalue weighted by Crippen LogP contribution is -2.48. The number of carbonyl (C=O) groups is 2. The van der Waals surface area contributed by atoms with Crippen molar-refractivity contribution in [2.24, 2.45) is 0 Å². The Balaban J connectivity index is 1.72. The predicted octanol–water partition coefficient (Wildman–Crippen LogP) is 2.85. The van der Waals surface area contributed by atoms with Crippen molar-refractivity contribution in [3.05, 3.63) is 71.8 Å². The minimum absolute atomic E-state index is 0.0795. The number of aliphatic hydroxyl groups is 1. The Hall–Kier alpha value is -2.83. The van der Waals surface area contributed by atoms with Crippen molar-refractivity contribution in [1.82, 2.24) is 4.90 Å². The second kappa shape index (κ2) is 8.91. The Morgan fingerprint density at radius 2 is 1.71 bits per heavy atom. The zero-order chi connectivity index (χ0) is 20.1. The van der Waals surface area contributed by atoms with Gasteiger partial charge < -0.3 is 20.2 Å². The number of piperazine rings is 1. The first-order valence-electron chi connectivity index (χ1n) is 9.00. The van der Waals surface area contributed by atoms with E-state index in [2.05, 4.69) is 16.8 Å². The topological polar surface area (TPSA) is 72.9 Å². The minimum Gasteiger partial charge on any atom is -0.378 e. The van der Waals surface area contributed by atoms with Crippen LogP contribution in [0.3, 0.4) is 0 Å². The van der Waals surface area contributed by atoms with E-state index in [1.807, 2.05) is 18.2 Å². The monoisotopic (exact) mass is 399 g/mol. The first kappa shape index (κ1) is 19.9. The van der Waals surface area contributed by atoms with E-state index in [1.165, 1.54) is 6.08 Å². The Morgan fingerprint density at radius 1 is 1.07 bits per heavy atom. The average Bonchev–Trinajstić information content (AvgIpc) is 2.73. The summed E-state index contributed by atoms with van der Waals surface area (Å²) in [4.78, 5) is 28.2. The molecule has 146 valence electrons. The van der Waals surface area contributed by atoms with Gasteiger partial charge in [0.25, 0.3) is 5.91 Å². The number of nitrogens with zero attached hydrogens (tertiary/aromatic N) is 2. The van der Waals surface area contributed by atoms with Crippen LogP contribution in [0, 0.1) is 0 Å². The van der Waals surface area contributed by atoms with Crippen molar-refractivity contribution < 1.29 is 14.7 Å². The summed E-state index contributed by atoms with van der Waals surface area (Å²) in [5, 5.41) is 13.5. The van der Waals surface area contributed by atoms with Crippen molar-refractivity contribution >= 4 is 34.8 Å². The maximum Gasteiger partial charge on any atom is 0.257 e. The highest BCUT2D eigenvalue weighted by atomic mass is 35.5. The van der Waals surface area contributed by atoms with E-state index in [-0.39, 0.29) is 5.91 Å². The highest BCUT2D eigenvalue weighted by Crippen LogP contribution is 2.29. The smallest absolute Gasteiger partial charge is 0.257 e. The fourth-order valence-corrected chi connectivity index (χ4v) is 3.43. The fourth-order valence-electron chi connectivity index (χ4n) is 3.19. The maximum absolute atomic E-state index is 12.6. The molecule has 0 radical (unpaired) electrons. The third kappa shape index (κ3) is 4.35. The molecule has 1 fully saturated rings. The zero-order valence-corrected chi connectivity index (χ0v) is 16.1. The zero-order valence-electron chi connectivity index (χ0n) is 15.3. The van der Waals surface area contributed by atoms with Crippen LogP contribution in [0.4, 0.5) is 11.4 Å². The molecule has 0 aliphatic carbocycles. The number of nitrogens with one attached hydrogen (secondary N) is 1. The lowest BCUT2D eigenvalue weighted by Gasteiger charge is -2.36. The second-order valence-electron chi connectivity index (χ2n) is 6.45. The van der Waals surface area contributed by atoms with Crippen molar-refractivity contribution in [1.29, 1.82) is 0 Å². The van der Waals surface area contributed by atoms with Crippen molar-refractivity contribution in [3.8, 4) is 0 Å². The molecule has 3 rings (SSSR count). The van der Waals surface area contributed by atoms with Crippen molar-refractivity contribution in [2.45, 2.75) is 6.10 Å². The number of rotatable bonds is 5. The van der Waals surface area contributed by atoms with Gasteiger partial charge in [-0.2, -0.15) is 0 Å². The molecule has 28 heavy (non-hydrogen) atoms. The van der Waals surface area contributed by atoms with Crippen LogP contribution < -0.4 is 10.2 Å². The third-order valence-electron chi connectivity index (χ3n) is 4.72. The van der Waals surface area contributed by atoms with Gasteiger partial charge in [-0.05, 0) is 24.3 Å². The molecule has 0 aromatic heterocycles. The number of amides is 2. The molecule has 2 N–H and O–H groups in total. The molecular weight excluding hydrogens is 378 g/mol. The summed E-state index contributed by atoms with van der Waals surface area (Å²) in [6.07, 6.45) is -0.0521. The first-order chi connectivity index (χ1) is 13.5. The molecule has 2 amide bonds. The number of halogens is 1. The van der Waals surface area contributed by atoms with Gasteiger partial charge in [-0.25, -0.2) is 0 Å². The van der Waals surface area contributed by atoms with Gasteiger partial charge in [0.15, 0.2) is 6.10 Å². The molecule has 1 aliphatic rings. The second-order valence-corrected chi connectivity index (χ2v) is 6.85. The predicted molar refractivity (Wildman–Crippen MR) is 110 cm³/mol. The lowest BCUT2D eigenvalue weighted by atomic mass is 10.1. The maximum atomic E-state index is 12.6. The molecule has 2 aromatic rings. The van der Waals surface area contributed by atoms with Crippen molar-refractivity contribution in [2.75, 3.05) is 36.4 Å². The van der Waals surface area contributed by atoms with E-state index in [0.717, 1.165) is 5.69 Å². The van der Waals surface area contributed by atoms with Gasteiger partial charge in [-0.3, -0.25) is 9.59 Å². The summed E-state index contributed by atoms with van der Waals surface area (Å²) in [7, 11) is 0. The van der Waals surface area contributed by atoms with Crippen LogP contribution in [0.5, 0.6) is 0 Å². The Kier molecular flexibility index (Phi) is 6.34. The van der Waals surface area contributed by atoms with Crippen LogP contribution in [0.15, 0.2) is 61.2 Å². The van der Waals surface area contributed by atoms with E-state index >= 15 is 0 Å². The molecule has 0 spiro atoms. The fraction of sp³-hybridized carbons (Fsp3) is 0.238. The molecule has 6 nitrogen and oxygen atoms in total. The quantitative estimate of drug-likeness (QED) is 0.758. The van der Waals surface area contributed by atoms with Crippen LogP contribution in [0.25, 0.3) is 0 Å². The van der Waals surface area contributed by atoms with Crippen LogP contribution in [0.2, 0.25) is 5.02 Å². The molecule has 1 heterocycles. The lowest BCUT2D eigenvalue weighted by molar-refractivity contribution is -0.126. The van der Waals surface area contributed by atoms with Crippen molar-refractivity contribution in [3.63, 3.8) is 0 Å². The summed E-state index contributed by atoms with van der Waals surface area (Å²) < 4.78 is 0. The van der Waals surface area contributed by atoms with E-state index in [4.69, 9.17) is 11.6 Å². The Labute approximate surface area is 169 Å². The standard InChI is InChI=1S/C21H22ClN3O3/c1-2-19(26)25-13-11-24(12-14-25)18-10-6-5-9-17(18)23-21(28)20(27)15-7-3-4-8-16(15)22/h2-10,20,27H,1,11-14H2,(H,23,28)/t20-/m1/s1. The highest BCUT2D eigenvalue weighted by molar-refractivity contribution is 6.31. The molecule has 0 saturated carbocycles. The van der Waals surface area contributed by atoms with E-state index in [0.29, 0.717) is 42.5 Å². The summed E-state index contributed by atoms with van der Waals surface area (Å²) in [6, 6.07) is 14.1. The van der Waals surface area contributed by atoms with Gasteiger partial charge in [0.1, 0.15) is 0 Å². The normalized spacial score (nSPS) is 15.1. The van der Waals surface area contributed by atoms with E-state index in [1.54, 1.807) is 35.2 Å². The molecule has 1 aliphatic heterocycles. The summed E-state index contributed by atoms with van der Waals surface area (Å²) in [5.41, 5.74) is 1.80. The molecule has 0 unspecified atom stereocenters. The Bertz CT molecular complexity index is 879. The number of anilines is 2. The SMILES string of the molecule is C=CC(=O)N1CCN(c2ccccc2NC(=O)[C@H](O)c2ccccc2Cl)CC1. The van der Waals surface area contributed by atoms with Gasteiger partial charge in [0, 0.05) is 36.8 Å². The first-order valence-corrected chi connectivity index (χ1v) is 9.37. The third-order valence-corrected chi connectivity index (χ3v) is 5.06.